The van der Waals surface area contributed by atoms with Crippen molar-refractivity contribution < 1.29 is 0 Å². The van der Waals surface area contributed by atoms with Crippen LogP contribution in [-0.4, -0.2) is 0 Å². The average Bonchev–Trinajstić information content (AvgIpc) is 2.77. The summed E-state index contributed by atoms with van der Waals surface area (Å²) >= 11 is 0. The van der Waals surface area contributed by atoms with Gasteiger partial charge in [0.05, 0.1) is 0 Å². The first-order chi connectivity index (χ1) is 14.6. The fraction of sp³-hybridized carbons (Fsp3) is 0.0667. The molecule has 5 rings (SSSR count). The molecule has 0 saturated heterocycles. The number of aryl methyl sites for hydroxylation is 1. The Labute approximate surface area is 178 Å². The molecule has 0 heterocycles. The van der Waals surface area contributed by atoms with E-state index in [4.69, 9.17) is 0 Å². The third-order valence-corrected chi connectivity index (χ3v) is 5.89. The van der Waals surface area contributed by atoms with Crippen molar-refractivity contribution in [3.8, 4) is 22.3 Å². The molecule has 0 N–H and O–H groups in total. The molecule has 0 aromatic heterocycles. The molecule has 0 nitrogen and oxygen atoms in total. The van der Waals surface area contributed by atoms with Gasteiger partial charge in [0, 0.05) is 0 Å². The van der Waals surface area contributed by atoms with E-state index >= 15 is 0 Å². The average molecular weight is 385 g/mol. The van der Waals surface area contributed by atoms with Crippen molar-refractivity contribution in [3.05, 3.63) is 115 Å². The summed E-state index contributed by atoms with van der Waals surface area (Å²) in [5.41, 5.74) is 8.65. The molecule has 0 saturated carbocycles. The largest absolute Gasteiger partial charge is 0.0955 e. The normalized spacial score (nSPS) is 11.1. The molecule has 0 radical (unpaired) electrons. The van der Waals surface area contributed by atoms with E-state index in [-0.39, 0.29) is 0 Å². The van der Waals surface area contributed by atoms with E-state index in [0.29, 0.717) is 0 Å². The van der Waals surface area contributed by atoms with E-state index in [1.165, 1.54) is 54.9 Å². The van der Waals surface area contributed by atoms with Crippen LogP contribution in [0.4, 0.5) is 0 Å². The molecule has 0 amide bonds. The molecule has 30 heavy (non-hydrogen) atoms. The zero-order valence-electron chi connectivity index (χ0n) is 17.4. The minimum absolute atomic E-state index is 1.08. The number of fused-ring (bicyclic) bond motifs is 2. The lowest BCUT2D eigenvalue weighted by atomic mass is 9.85. The van der Waals surface area contributed by atoms with Crippen LogP contribution in [0.15, 0.2) is 104 Å². The summed E-state index contributed by atoms with van der Waals surface area (Å²) in [6.07, 6.45) is 0. The lowest BCUT2D eigenvalue weighted by Gasteiger charge is -2.19. The molecule has 5 aromatic rings. The molecule has 0 bridgehead atoms. The van der Waals surface area contributed by atoms with Gasteiger partial charge in [-0.3, -0.25) is 0 Å². The zero-order chi connectivity index (χ0) is 20.7. The predicted octanol–water partition coefficient (Wildman–Crippen LogP) is 8.67. The van der Waals surface area contributed by atoms with Crippen molar-refractivity contribution in [3.63, 3.8) is 0 Å². The van der Waals surface area contributed by atoms with E-state index in [1.807, 2.05) is 0 Å². The number of rotatable bonds is 3. The molecular formula is C30H24. The Hall–Kier alpha value is -3.64. The Balaban J connectivity index is 2.02. The maximum absolute atomic E-state index is 4.19. The molecule has 144 valence electrons. The third kappa shape index (κ3) is 3.02. The number of benzene rings is 5. The van der Waals surface area contributed by atoms with Gasteiger partial charge < -0.3 is 0 Å². The Morgan fingerprint density at radius 3 is 1.83 bits per heavy atom. The topological polar surface area (TPSA) is 0 Å². The molecule has 0 aliphatic rings. The van der Waals surface area contributed by atoms with Crippen LogP contribution in [0.3, 0.4) is 0 Å². The van der Waals surface area contributed by atoms with Crippen molar-refractivity contribution >= 4 is 27.1 Å². The van der Waals surface area contributed by atoms with Crippen molar-refractivity contribution in [1.29, 1.82) is 0 Å². The summed E-state index contributed by atoms with van der Waals surface area (Å²) in [6.45, 7) is 8.42. The monoisotopic (exact) mass is 384 g/mol. The molecule has 0 fully saturated rings. The fourth-order valence-electron chi connectivity index (χ4n) is 4.47. The quantitative estimate of drug-likeness (QED) is 0.273. The van der Waals surface area contributed by atoms with Gasteiger partial charge in [-0.25, -0.2) is 0 Å². The van der Waals surface area contributed by atoms with Crippen molar-refractivity contribution in [2.45, 2.75) is 13.8 Å². The van der Waals surface area contributed by atoms with Crippen molar-refractivity contribution in [2.75, 3.05) is 0 Å². The second-order valence-corrected chi connectivity index (χ2v) is 8.07. The molecule has 0 unspecified atom stereocenters. The van der Waals surface area contributed by atoms with E-state index < -0.39 is 0 Å². The minimum Gasteiger partial charge on any atom is -0.0955 e. The van der Waals surface area contributed by atoms with Gasteiger partial charge in [-0.05, 0) is 69.3 Å². The van der Waals surface area contributed by atoms with E-state index in [1.54, 1.807) is 0 Å². The van der Waals surface area contributed by atoms with Gasteiger partial charge >= 0.3 is 0 Å². The Morgan fingerprint density at radius 1 is 0.567 bits per heavy atom. The highest BCUT2D eigenvalue weighted by Gasteiger charge is 2.17. The molecule has 0 heteroatoms. The highest BCUT2D eigenvalue weighted by molar-refractivity contribution is 6.21. The van der Waals surface area contributed by atoms with Gasteiger partial charge in [-0.15, -0.1) is 0 Å². The molecule has 5 aromatic carbocycles. The second kappa shape index (κ2) is 7.31. The van der Waals surface area contributed by atoms with Crippen LogP contribution in [0.25, 0.3) is 49.4 Å². The SMILES string of the molecule is C=C(C)c1ccc2c(-c3cccc(C)c3)c3ccccc3c(-c3ccccc3)c2c1. The Bertz CT molecular complexity index is 1400. The highest BCUT2D eigenvalue weighted by atomic mass is 14.2. The first-order valence-electron chi connectivity index (χ1n) is 10.4. The predicted molar refractivity (Wildman–Crippen MR) is 132 cm³/mol. The van der Waals surface area contributed by atoms with Crippen LogP contribution >= 0.6 is 0 Å². The maximum Gasteiger partial charge on any atom is -0.00262 e. The van der Waals surface area contributed by atoms with Crippen LogP contribution in [0.1, 0.15) is 18.1 Å². The van der Waals surface area contributed by atoms with E-state index in [2.05, 4.69) is 117 Å². The standard InChI is InChI=1S/C30H24/c1-20(2)23-16-17-27-28(19-23)29(22-11-5-4-6-12-22)25-14-7-8-15-26(25)30(27)24-13-9-10-21(3)18-24/h4-19H,1H2,2-3H3. The molecule has 0 atom stereocenters. The number of hydrogen-bond donors (Lipinski definition) is 0. The summed E-state index contributed by atoms with van der Waals surface area (Å²) in [6, 6.07) is 35.1. The van der Waals surface area contributed by atoms with Crippen molar-refractivity contribution in [1.82, 2.24) is 0 Å². The third-order valence-electron chi connectivity index (χ3n) is 5.89. The molecular weight excluding hydrogens is 360 g/mol. The second-order valence-electron chi connectivity index (χ2n) is 8.07. The lowest BCUT2D eigenvalue weighted by Crippen LogP contribution is -1.92. The molecule has 0 aliphatic heterocycles. The number of allylic oxidation sites excluding steroid dienone is 1. The summed E-state index contributed by atoms with van der Waals surface area (Å²) in [5, 5.41) is 5.13. The van der Waals surface area contributed by atoms with Crippen molar-refractivity contribution in [2.24, 2.45) is 0 Å². The van der Waals surface area contributed by atoms with Crippen LogP contribution < -0.4 is 0 Å². The van der Waals surface area contributed by atoms with Gasteiger partial charge in [-0.2, -0.15) is 0 Å². The van der Waals surface area contributed by atoms with Gasteiger partial charge in [-0.1, -0.05) is 109 Å². The van der Waals surface area contributed by atoms with E-state index in [9.17, 15) is 0 Å². The van der Waals surface area contributed by atoms with Crippen LogP contribution in [0.2, 0.25) is 0 Å². The minimum atomic E-state index is 1.08. The van der Waals surface area contributed by atoms with Crippen LogP contribution in [0, 0.1) is 6.92 Å². The van der Waals surface area contributed by atoms with Crippen LogP contribution in [0.5, 0.6) is 0 Å². The van der Waals surface area contributed by atoms with Gasteiger partial charge in [0.2, 0.25) is 0 Å². The number of hydrogen-bond acceptors (Lipinski definition) is 0. The first kappa shape index (κ1) is 18.4. The smallest absolute Gasteiger partial charge is 0.00262 e. The summed E-state index contributed by atoms with van der Waals surface area (Å²) in [5.74, 6) is 0. The molecule has 0 aliphatic carbocycles. The summed E-state index contributed by atoms with van der Waals surface area (Å²) < 4.78 is 0. The van der Waals surface area contributed by atoms with Gasteiger partial charge in [0.1, 0.15) is 0 Å². The van der Waals surface area contributed by atoms with E-state index in [0.717, 1.165) is 5.57 Å². The fourth-order valence-corrected chi connectivity index (χ4v) is 4.47. The Morgan fingerprint density at radius 2 is 1.17 bits per heavy atom. The maximum atomic E-state index is 4.19. The summed E-state index contributed by atoms with van der Waals surface area (Å²) in [4.78, 5) is 0. The van der Waals surface area contributed by atoms with Gasteiger partial charge in [0.15, 0.2) is 0 Å². The van der Waals surface area contributed by atoms with Crippen LogP contribution in [-0.2, 0) is 0 Å². The molecule has 0 spiro atoms. The Kier molecular flexibility index (Phi) is 4.48. The lowest BCUT2D eigenvalue weighted by molar-refractivity contribution is 1.47. The first-order valence-corrected chi connectivity index (χ1v) is 10.4. The highest BCUT2D eigenvalue weighted by Crippen LogP contribution is 2.44. The summed E-state index contributed by atoms with van der Waals surface area (Å²) in [7, 11) is 0. The zero-order valence-corrected chi connectivity index (χ0v) is 17.4. The van der Waals surface area contributed by atoms with Gasteiger partial charge in [0.25, 0.3) is 0 Å².